The molecule has 0 unspecified atom stereocenters. The first-order valence-electron chi connectivity index (χ1n) is 8.39. The Morgan fingerprint density at radius 2 is 1.62 bits per heavy atom. The molecule has 26 heavy (non-hydrogen) atoms. The average molecular weight is 370 g/mol. The molecule has 0 aliphatic rings. The van der Waals surface area contributed by atoms with E-state index in [9.17, 15) is 8.42 Å². The Bertz CT molecular complexity index is 961. The van der Waals surface area contributed by atoms with Gasteiger partial charge in [0.05, 0.1) is 11.4 Å². The lowest BCUT2D eigenvalue weighted by atomic mass is 10.2. The van der Waals surface area contributed by atoms with Crippen LogP contribution in [0.5, 0.6) is 0 Å². The minimum absolute atomic E-state index is 0.195. The molecule has 0 atom stereocenters. The van der Waals surface area contributed by atoms with Gasteiger partial charge in [0.2, 0.25) is 0 Å². The zero-order valence-corrected chi connectivity index (χ0v) is 15.8. The Labute approximate surface area is 153 Å². The topological polar surface area (TPSA) is 78.1 Å². The second-order valence-corrected chi connectivity index (χ2v) is 7.61. The van der Waals surface area contributed by atoms with Crippen LogP contribution in [-0.2, 0) is 10.0 Å². The summed E-state index contributed by atoms with van der Waals surface area (Å²) in [6.45, 7) is 6.24. The van der Waals surface area contributed by atoms with E-state index >= 15 is 0 Å². The van der Waals surface area contributed by atoms with Gasteiger partial charge in [-0.25, -0.2) is 8.42 Å². The van der Waals surface area contributed by atoms with Crippen molar-refractivity contribution in [1.82, 2.24) is 10.2 Å². The van der Waals surface area contributed by atoms with Gasteiger partial charge in [-0.2, -0.15) is 5.10 Å². The van der Waals surface area contributed by atoms with Crippen LogP contribution in [0.25, 0.3) is 0 Å². The van der Waals surface area contributed by atoms with Crippen LogP contribution in [-0.4, -0.2) is 25.2 Å². The molecule has 0 spiro atoms. The highest BCUT2D eigenvalue weighted by Gasteiger charge is 2.22. The summed E-state index contributed by atoms with van der Waals surface area (Å²) in [5.74, 6) is 0. The number of benzene rings is 2. The van der Waals surface area contributed by atoms with Crippen molar-refractivity contribution in [3.8, 4) is 0 Å². The largest absolute Gasteiger partial charge is 0.342 e. The number of nitrogens with one attached hydrogen (secondary N) is 2. The van der Waals surface area contributed by atoms with Crippen molar-refractivity contribution in [2.24, 2.45) is 0 Å². The van der Waals surface area contributed by atoms with E-state index in [0.29, 0.717) is 17.1 Å². The summed E-state index contributed by atoms with van der Waals surface area (Å²) in [6.07, 6.45) is 0. The number of rotatable bonds is 6. The van der Waals surface area contributed by atoms with Gasteiger partial charge < -0.3 is 4.90 Å². The first kappa shape index (κ1) is 18.0. The highest BCUT2D eigenvalue weighted by Crippen LogP contribution is 2.27. The van der Waals surface area contributed by atoms with Gasteiger partial charge in [0.25, 0.3) is 10.0 Å². The van der Waals surface area contributed by atoms with Crippen molar-refractivity contribution >= 4 is 27.1 Å². The van der Waals surface area contributed by atoms with Gasteiger partial charge >= 0.3 is 0 Å². The summed E-state index contributed by atoms with van der Waals surface area (Å²) in [5, 5.41) is 6.66. The van der Waals surface area contributed by atoms with E-state index in [4.69, 9.17) is 0 Å². The molecular formula is C19H22N4O2S. The van der Waals surface area contributed by atoms with Crippen molar-refractivity contribution in [2.45, 2.75) is 25.7 Å². The smallest absolute Gasteiger partial charge is 0.265 e. The van der Waals surface area contributed by atoms with Gasteiger partial charge in [0.15, 0.2) is 0 Å². The molecule has 0 aliphatic heterocycles. The van der Waals surface area contributed by atoms with E-state index in [0.717, 1.165) is 17.9 Å². The van der Waals surface area contributed by atoms with Crippen LogP contribution in [0, 0.1) is 13.8 Å². The summed E-state index contributed by atoms with van der Waals surface area (Å²) < 4.78 is 27.9. The molecule has 136 valence electrons. The Balaban J connectivity index is 1.84. The maximum atomic E-state index is 12.6. The number of aryl methyl sites for hydroxylation is 2. The third-order valence-electron chi connectivity index (χ3n) is 4.14. The van der Waals surface area contributed by atoms with Crippen LogP contribution in [0.3, 0.4) is 0 Å². The molecule has 0 fully saturated rings. The minimum Gasteiger partial charge on any atom is -0.342 e. The summed E-state index contributed by atoms with van der Waals surface area (Å²) in [4.78, 5) is 2.35. The molecule has 0 amide bonds. The molecule has 1 heterocycles. The fraction of sp³-hybridized carbons (Fsp3) is 0.211. The lowest BCUT2D eigenvalue weighted by Crippen LogP contribution is -2.16. The summed E-state index contributed by atoms with van der Waals surface area (Å²) in [6, 6.07) is 17.4. The lowest BCUT2D eigenvalue weighted by molar-refractivity contribution is 0.600. The van der Waals surface area contributed by atoms with Gasteiger partial charge in [-0.1, -0.05) is 18.2 Å². The number of nitrogens with zero attached hydrogens (tertiary/aromatic N) is 2. The van der Waals surface area contributed by atoms with E-state index < -0.39 is 10.0 Å². The number of sulfonamides is 1. The molecule has 0 bridgehead atoms. The predicted molar refractivity (Wildman–Crippen MR) is 104 cm³/mol. The molecule has 2 N–H and O–H groups in total. The van der Waals surface area contributed by atoms with Crippen LogP contribution in [0.1, 0.15) is 18.3 Å². The Morgan fingerprint density at radius 1 is 1.00 bits per heavy atom. The van der Waals surface area contributed by atoms with Crippen LogP contribution in [0.4, 0.5) is 17.1 Å². The summed E-state index contributed by atoms with van der Waals surface area (Å²) >= 11 is 0. The second-order valence-electron chi connectivity index (χ2n) is 6.00. The van der Waals surface area contributed by atoms with Crippen molar-refractivity contribution in [3.05, 3.63) is 66.0 Å². The first-order valence-corrected chi connectivity index (χ1v) is 9.87. The number of hydrogen-bond donors (Lipinski definition) is 2. The van der Waals surface area contributed by atoms with Crippen molar-refractivity contribution in [1.29, 1.82) is 0 Å². The number of aromatic amines is 1. The van der Waals surface area contributed by atoms with Crippen LogP contribution >= 0.6 is 0 Å². The van der Waals surface area contributed by atoms with Crippen molar-refractivity contribution in [2.75, 3.05) is 16.2 Å². The lowest BCUT2D eigenvalue weighted by Gasteiger charge is -2.23. The zero-order valence-electron chi connectivity index (χ0n) is 15.0. The van der Waals surface area contributed by atoms with Gasteiger partial charge in [0, 0.05) is 23.6 Å². The third-order valence-corrected chi connectivity index (χ3v) is 5.79. The predicted octanol–water partition coefficient (Wildman–Crippen LogP) is 3.99. The molecule has 0 aliphatic carbocycles. The number of H-pyrrole nitrogens is 1. The second kappa shape index (κ2) is 7.21. The molecule has 0 saturated heterocycles. The van der Waals surface area contributed by atoms with Gasteiger partial charge in [-0.15, -0.1) is 0 Å². The molecule has 2 aromatic carbocycles. The molecular weight excluding hydrogens is 348 g/mol. The minimum atomic E-state index is -3.68. The molecule has 3 aromatic rings. The van der Waals surface area contributed by atoms with Crippen LogP contribution in [0.15, 0.2) is 59.5 Å². The Morgan fingerprint density at radius 3 is 2.15 bits per heavy atom. The van der Waals surface area contributed by atoms with Gasteiger partial charge in [-0.3, -0.25) is 9.82 Å². The molecule has 0 saturated carbocycles. The monoisotopic (exact) mass is 370 g/mol. The highest BCUT2D eigenvalue weighted by atomic mass is 32.2. The van der Waals surface area contributed by atoms with E-state index in [-0.39, 0.29) is 4.90 Å². The Kier molecular flexibility index (Phi) is 4.99. The van der Waals surface area contributed by atoms with E-state index in [1.165, 1.54) is 0 Å². The number of hydrogen-bond acceptors (Lipinski definition) is 4. The SMILES string of the molecule is CCN(c1ccccc1)c1ccc(NS(=O)(=O)c2c(C)n[nH]c2C)cc1. The highest BCUT2D eigenvalue weighted by molar-refractivity contribution is 7.92. The molecule has 7 heteroatoms. The average Bonchev–Trinajstić information content (AvgIpc) is 2.97. The summed E-state index contributed by atoms with van der Waals surface area (Å²) in [7, 11) is -3.68. The quantitative estimate of drug-likeness (QED) is 0.688. The van der Waals surface area contributed by atoms with E-state index in [2.05, 4.69) is 26.7 Å². The normalized spacial score (nSPS) is 11.3. The molecule has 3 rings (SSSR count). The number of anilines is 3. The maximum Gasteiger partial charge on any atom is 0.265 e. The van der Waals surface area contributed by atoms with E-state index in [1.807, 2.05) is 42.5 Å². The molecule has 6 nitrogen and oxygen atoms in total. The summed E-state index contributed by atoms with van der Waals surface area (Å²) in [5.41, 5.74) is 3.57. The zero-order chi connectivity index (χ0) is 18.7. The fourth-order valence-electron chi connectivity index (χ4n) is 2.97. The van der Waals surface area contributed by atoms with Crippen molar-refractivity contribution in [3.63, 3.8) is 0 Å². The number of para-hydroxylation sites is 1. The third kappa shape index (κ3) is 3.57. The maximum absolute atomic E-state index is 12.6. The van der Waals surface area contributed by atoms with E-state index in [1.54, 1.807) is 26.0 Å². The molecule has 0 radical (unpaired) electrons. The van der Waals surface area contributed by atoms with Crippen molar-refractivity contribution < 1.29 is 8.42 Å². The Hall–Kier alpha value is -2.80. The standard InChI is InChI=1S/C19H22N4O2S/c1-4-23(17-8-6-5-7-9-17)18-12-10-16(11-13-18)22-26(24,25)19-14(2)20-21-15(19)3/h5-13,22H,4H2,1-3H3,(H,20,21). The molecule has 1 aromatic heterocycles. The van der Waals surface area contributed by atoms with Crippen LogP contribution < -0.4 is 9.62 Å². The van der Waals surface area contributed by atoms with Gasteiger partial charge in [0.1, 0.15) is 4.90 Å². The van der Waals surface area contributed by atoms with Gasteiger partial charge in [-0.05, 0) is 57.2 Å². The number of aromatic nitrogens is 2. The van der Waals surface area contributed by atoms with Crippen LogP contribution in [0.2, 0.25) is 0 Å². The first-order chi connectivity index (χ1) is 12.4. The fourth-order valence-corrected chi connectivity index (χ4v) is 4.41.